The molecule has 0 radical (unpaired) electrons. The molecule has 2 atom stereocenters. The second-order valence-corrected chi connectivity index (χ2v) is 6.01. The van der Waals surface area contributed by atoms with Gasteiger partial charge in [-0.15, -0.1) is 0 Å². The number of hydrogen-bond acceptors (Lipinski definition) is 3. The number of nitrogens with one attached hydrogen (secondary N) is 1. The number of pyridine rings is 1. The molecular formula is C18H20F3N3. The molecule has 0 bridgehead atoms. The highest BCUT2D eigenvalue weighted by Gasteiger charge is 2.35. The van der Waals surface area contributed by atoms with E-state index in [-0.39, 0.29) is 12.1 Å². The van der Waals surface area contributed by atoms with Crippen molar-refractivity contribution < 1.29 is 13.2 Å². The largest absolute Gasteiger partial charge is 0.308 e. The molecule has 0 spiro atoms. The lowest BCUT2D eigenvalue weighted by atomic mass is 9.99. The molecule has 0 aliphatic carbocycles. The van der Waals surface area contributed by atoms with Gasteiger partial charge in [-0.3, -0.25) is 9.88 Å². The fraction of sp³-hybridized carbons (Fsp3) is 0.389. The Morgan fingerprint density at radius 2 is 2.00 bits per heavy atom. The van der Waals surface area contributed by atoms with Crippen LogP contribution in [0.15, 0.2) is 36.7 Å². The summed E-state index contributed by atoms with van der Waals surface area (Å²) in [6.07, 6.45) is 4.36. The number of aromatic nitrogens is 1. The lowest BCUT2D eigenvalue weighted by Crippen LogP contribution is -2.36. The summed E-state index contributed by atoms with van der Waals surface area (Å²) in [4.78, 5) is 6.23. The van der Waals surface area contributed by atoms with E-state index in [2.05, 4.69) is 15.2 Å². The number of benzene rings is 1. The van der Waals surface area contributed by atoms with Crippen molar-refractivity contribution in [2.24, 2.45) is 0 Å². The van der Waals surface area contributed by atoms with Crippen LogP contribution < -0.4 is 5.32 Å². The summed E-state index contributed by atoms with van der Waals surface area (Å²) in [6, 6.07) is 5.90. The number of nitrogens with zero attached hydrogens (tertiary/aromatic N) is 2. The van der Waals surface area contributed by atoms with E-state index >= 15 is 0 Å². The van der Waals surface area contributed by atoms with Gasteiger partial charge in [0.25, 0.3) is 0 Å². The van der Waals surface area contributed by atoms with Gasteiger partial charge in [-0.25, -0.2) is 13.2 Å². The first-order chi connectivity index (χ1) is 11.6. The zero-order valence-corrected chi connectivity index (χ0v) is 13.5. The first kappa shape index (κ1) is 16.9. The Hall–Kier alpha value is -1.92. The zero-order valence-electron chi connectivity index (χ0n) is 13.5. The molecular weight excluding hydrogens is 315 g/mol. The van der Waals surface area contributed by atoms with Crippen LogP contribution in [0.2, 0.25) is 0 Å². The Bertz CT molecular complexity index is 670. The van der Waals surface area contributed by atoms with Gasteiger partial charge in [-0.1, -0.05) is 13.0 Å². The maximum Gasteiger partial charge on any atom is 0.194 e. The van der Waals surface area contributed by atoms with Gasteiger partial charge in [-0.05, 0) is 42.3 Å². The summed E-state index contributed by atoms with van der Waals surface area (Å²) >= 11 is 0. The van der Waals surface area contributed by atoms with Crippen molar-refractivity contribution in [2.45, 2.75) is 32.0 Å². The topological polar surface area (TPSA) is 28.2 Å². The molecule has 6 heteroatoms. The van der Waals surface area contributed by atoms with Crippen molar-refractivity contribution in [1.29, 1.82) is 0 Å². The third kappa shape index (κ3) is 3.44. The number of likely N-dealkylation sites (N-methyl/N-ethyl adjacent to an activating group) is 1. The minimum absolute atomic E-state index is 0.0365. The normalized spacial score (nSPS) is 21.3. The van der Waals surface area contributed by atoms with Gasteiger partial charge in [0.2, 0.25) is 0 Å². The van der Waals surface area contributed by atoms with Crippen molar-refractivity contribution in [1.82, 2.24) is 15.2 Å². The van der Waals surface area contributed by atoms with Crippen LogP contribution >= 0.6 is 0 Å². The average molecular weight is 335 g/mol. The van der Waals surface area contributed by atoms with Gasteiger partial charge < -0.3 is 5.32 Å². The van der Waals surface area contributed by atoms with Crippen LogP contribution in [-0.4, -0.2) is 29.0 Å². The Morgan fingerprint density at radius 3 is 2.62 bits per heavy atom. The van der Waals surface area contributed by atoms with Crippen molar-refractivity contribution in [3.05, 3.63) is 65.2 Å². The van der Waals surface area contributed by atoms with E-state index in [9.17, 15) is 13.2 Å². The first-order valence-electron chi connectivity index (χ1n) is 8.11. The van der Waals surface area contributed by atoms with E-state index in [0.717, 1.165) is 37.2 Å². The van der Waals surface area contributed by atoms with Crippen LogP contribution in [0.5, 0.6) is 0 Å². The zero-order chi connectivity index (χ0) is 17.1. The number of halogens is 3. The molecule has 1 saturated heterocycles. The van der Waals surface area contributed by atoms with Gasteiger partial charge in [0.15, 0.2) is 17.5 Å². The summed E-state index contributed by atoms with van der Waals surface area (Å²) in [6.45, 7) is 4.22. The van der Waals surface area contributed by atoms with Crippen LogP contribution in [0.1, 0.15) is 30.5 Å². The second kappa shape index (κ2) is 7.32. The smallest absolute Gasteiger partial charge is 0.194 e. The third-order valence-electron chi connectivity index (χ3n) is 4.55. The molecule has 0 amide bonds. The fourth-order valence-electron chi connectivity index (χ4n) is 3.37. The summed E-state index contributed by atoms with van der Waals surface area (Å²) in [7, 11) is 0. The van der Waals surface area contributed by atoms with Crippen LogP contribution in [0.3, 0.4) is 0 Å². The van der Waals surface area contributed by atoms with Crippen molar-refractivity contribution in [2.75, 3.05) is 13.1 Å². The fourth-order valence-corrected chi connectivity index (χ4v) is 3.37. The molecule has 1 aliphatic rings. The molecule has 2 aromatic rings. The standard InChI is InChI=1S/C18H20F3N3/c1-2-24-7-5-16(23-11-12-4-3-6-22-10-12)18(24)13-8-14(19)17(21)15(20)9-13/h3-4,6,8-10,16,18,23H,2,5,7,11H2,1H3/t16-,18-/m0/s1. The highest BCUT2D eigenvalue weighted by Crippen LogP contribution is 2.33. The third-order valence-corrected chi connectivity index (χ3v) is 4.55. The van der Waals surface area contributed by atoms with E-state index in [0.29, 0.717) is 12.1 Å². The molecule has 0 unspecified atom stereocenters. The molecule has 2 heterocycles. The molecule has 1 aromatic heterocycles. The molecule has 24 heavy (non-hydrogen) atoms. The summed E-state index contributed by atoms with van der Waals surface area (Å²) in [5.74, 6) is -3.70. The minimum atomic E-state index is -1.42. The Balaban J connectivity index is 1.81. The van der Waals surface area contributed by atoms with Crippen LogP contribution in [-0.2, 0) is 6.54 Å². The lowest BCUT2D eigenvalue weighted by molar-refractivity contribution is 0.246. The summed E-state index contributed by atoms with van der Waals surface area (Å²) in [5, 5.41) is 3.44. The van der Waals surface area contributed by atoms with E-state index in [1.165, 1.54) is 0 Å². The SMILES string of the molecule is CCN1CC[C@H](NCc2cccnc2)[C@@H]1c1cc(F)c(F)c(F)c1. The predicted octanol–water partition coefficient (Wildman–Crippen LogP) is 3.42. The molecule has 3 nitrogen and oxygen atoms in total. The predicted molar refractivity (Wildman–Crippen MR) is 85.8 cm³/mol. The highest BCUT2D eigenvalue weighted by molar-refractivity contribution is 5.25. The summed E-state index contributed by atoms with van der Waals surface area (Å²) in [5.41, 5.74) is 1.51. The van der Waals surface area contributed by atoms with Gasteiger partial charge >= 0.3 is 0 Å². The molecule has 1 aliphatic heterocycles. The molecule has 1 N–H and O–H groups in total. The molecule has 3 rings (SSSR count). The number of likely N-dealkylation sites (tertiary alicyclic amines) is 1. The van der Waals surface area contributed by atoms with Crippen molar-refractivity contribution in [3.63, 3.8) is 0 Å². The maximum atomic E-state index is 13.6. The summed E-state index contributed by atoms with van der Waals surface area (Å²) < 4.78 is 40.5. The van der Waals surface area contributed by atoms with E-state index in [1.54, 1.807) is 12.4 Å². The molecule has 1 aromatic carbocycles. The monoisotopic (exact) mass is 335 g/mol. The number of rotatable bonds is 5. The maximum absolute atomic E-state index is 13.6. The highest BCUT2D eigenvalue weighted by atomic mass is 19.2. The Morgan fingerprint density at radius 1 is 1.25 bits per heavy atom. The van der Waals surface area contributed by atoms with Gasteiger partial charge in [0, 0.05) is 31.5 Å². The van der Waals surface area contributed by atoms with Gasteiger partial charge in [0.1, 0.15) is 0 Å². The Labute approximate surface area is 139 Å². The second-order valence-electron chi connectivity index (χ2n) is 6.01. The molecule has 0 saturated carbocycles. The van der Waals surface area contributed by atoms with Gasteiger partial charge in [-0.2, -0.15) is 0 Å². The van der Waals surface area contributed by atoms with Crippen molar-refractivity contribution in [3.8, 4) is 0 Å². The van der Waals surface area contributed by atoms with E-state index in [4.69, 9.17) is 0 Å². The van der Waals surface area contributed by atoms with Crippen molar-refractivity contribution >= 4 is 0 Å². The molecule has 128 valence electrons. The van der Waals surface area contributed by atoms with Crippen LogP contribution in [0.4, 0.5) is 13.2 Å². The van der Waals surface area contributed by atoms with Gasteiger partial charge in [0.05, 0.1) is 6.04 Å². The van der Waals surface area contributed by atoms with Crippen LogP contribution in [0.25, 0.3) is 0 Å². The lowest BCUT2D eigenvalue weighted by Gasteiger charge is -2.28. The van der Waals surface area contributed by atoms with E-state index in [1.807, 2.05) is 19.1 Å². The molecule has 1 fully saturated rings. The first-order valence-corrected chi connectivity index (χ1v) is 8.11. The van der Waals surface area contributed by atoms with E-state index < -0.39 is 17.5 Å². The Kier molecular flexibility index (Phi) is 5.16. The minimum Gasteiger partial charge on any atom is -0.308 e. The van der Waals surface area contributed by atoms with Crippen LogP contribution in [0, 0.1) is 17.5 Å². The quantitative estimate of drug-likeness (QED) is 0.849. The average Bonchev–Trinajstić information content (AvgIpc) is 3.01. The number of hydrogen-bond donors (Lipinski definition) is 1.